The van der Waals surface area contributed by atoms with Crippen LogP contribution in [0.25, 0.3) is 21.8 Å². The summed E-state index contributed by atoms with van der Waals surface area (Å²) >= 11 is 0. The zero-order valence-corrected chi connectivity index (χ0v) is 20.6. The second-order valence-electron chi connectivity index (χ2n) is 8.06. The minimum absolute atomic E-state index is 0.0625. The molecule has 176 valence electrons. The predicted molar refractivity (Wildman–Crippen MR) is 143 cm³/mol. The van der Waals surface area contributed by atoms with E-state index in [1.807, 2.05) is 43.3 Å². The van der Waals surface area contributed by atoms with E-state index in [2.05, 4.69) is 51.5 Å². The molecule has 0 spiro atoms. The summed E-state index contributed by atoms with van der Waals surface area (Å²) in [4.78, 5) is 11.2. The Morgan fingerprint density at radius 1 is 0.886 bits per heavy atom. The molecule has 0 saturated carbocycles. The Kier molecular flexibility index (Phi) is 10.6. The number of likely N-dealkylation sites (N-methyl/N-ethyl adjacent to an activating group) is 1. The van der Waals surface area contributed by atoms with E-state index in [0.29, 0.717) is 0 Å². The van der Waals surface area contributed by atoms with Crippen molar-refractivity contribution in [3.63, 3.8) is 0 Å². The second kappa shape index (κ2) is 13.9. The van der Waals surface area contributed by atoms with E-state index in [1.165, 1.54) is 0 Å². The van der Waals surface area contributed by atoms with Crippen LogP contribution >= 0.6 is 0 Å². The van der Waals surface area contributed by atoms with E-state index in [4.69, 9.17) is 23.7 Å². The number of allylic oxidation sites excluding steroid dienone is 1. The van der Waals surface area contributed by atoms with Gasteiger partial charge in [0, 0.05) is 43.6 Å². The van der Waals surface area contributed by atoms with Crippen molar-refractivity contribution >= 4 is 23.5 Å². The van der Waals surface area contributed by atoms with Gasteiger partial charge in [-0.2, -0.15) is 20.2 Å². The second-order valence-corrected chi connectivity index (χ2v) is 8.06. The number of nitrogens with zero attached hydrogens (tertiary/aromatic N) is 6. The SMILES string of the molecule is [C-]#[N+]C(=Cc1ccc(N(CCCC)CCN(CC)c2ccc(C=C(C#N)C#N)c(C)c2)cc1)[N+]#[C-]. The molecule has 0 aliphatic heterocycles. The van der Waals surface area contributed by atoms with Crippen LogP contribution in [0, 0.1) is 42.7 Å². The first kappa shape index (κ1) is 26.7. The first-order valence-electron chi connectivity index (χ1n) is 11.7. The van der Waals surface area contributed by atoms with Crippen molar-refractivity contribution in [1.29, 1.82) is 10.5 Å². The summed E-state index contributed by atoms with van der Waals surface area (Å²) < 4.78 is 0. The number of aryl methyl sites for hydroxylation is 1. The summed E-state index contributed by atoms with van der Waals surface area (Å²) in [5.41, 5.74) is 5.08. The van der Waals surface area contributed by atoms with Crippen molar-refractivity contribution < 1.29 is 0 Å². The number of nitriles is 2. The van der Waals surface area contributed by atoms with Crippen LogP contribution in [0.3, 0.4) is 0 Å². The van der Waals surface area contributed by atoms with Crippen LogP contribution in [-0.4, -0.2) is 26.2 Å². The summed E-state index contributed by atoms with van der Waals surface area (Å²) in [6.07, 6.45) is 5.43. The molecule has 35 heavy (non-hydrogen) atoms. The lowest BCUT2D eigenvalue weighted by Gasteiger charge is -2.30. The Bertz CT molecular complexity index is 1190. The highest BCUT2D eigenvalue weighted by Crippen LogP contribution is 2.23. The summed E-state index contributed by atoms with van der Waals surface area (Å²) in [5, 5.41) is 18.1. The monoisotopic (exact) mass is 462 g/mol. The Morgan fingerprint density at radius 3 is 2.06 bits per heavy atom. The largest absolute Gasteiger partial charge is 0.519 e. The Hall–Kier alpha value is -4.52. The molecule has 2 rings (SSSR count). The van der Waals surface area contributed by atoms with Gasteiger partial charge in [-0.1, -0.05) is 31.5 Å². The molecular formula is C29H30N6. The lowest BCUT2D eigenvalue weighted by atomic mass is 10.0. The molecule has 0 aromatic heterocycles. The van der Waals surface area contributed by atoms with E-state index in [-0.39, 0.29) is 11.4 Å². The Balaban J connectivity index is 2.19. The topological polar surface area (TPSA) is 62.8 Å². The Labute approximate surface area is 209 Å². The van der Waals surface area contributed by atoms with Crippen molar-refractivity contribution in [2.24, 2.45) is 0 Å². The number of rotatable bonds is 11. The minimum Gasteiger partial charge on any atom is -0.370 e. The van der Waals surface area contributed by atoms with Gasteiger partial charge in [0.25, 0.3) is 0 Å². The number of unbranched alkanes of at least 4 members (excludes halogenated alkanes) is 1. The van der Waals surface area contributed by atoms with Gasteiger partial charge in [0.1, 0.15) is 30.9 Å². The van der Waals surface area contributed by atoms with Gasteiger partial charge in [-0.25, -0.2) is 0 Å². The Morgan fingerprint density at radius 2 is 1.51 bits per heavy atom. The maximum absolute atomic E-state index is 9.03. The molecule has 6 nitrogen and oxygen atoms in total. The van der Waals surface area contributed by atoms with Gasteiger partial charge in [0.15, 0.2) is 0 Å². The fourth-order valence-electron chi connectivity index (χ4n) is 3.71. The van der Waals surface area contributed by atoms with Crippen LogP contribution < -0.4 is 9.80 Å². The van der Waals surface area contributed by atoms with Crippen LogP contribution in [0.1, 0.15) is 43.4 Å². The molecule has 6 heteroatoms. The molecule has 0 bridgehead atoms. The highest BCUT2D eigenvalue weighted by atomic mass is 15.2. The lowest BCUT2D eigenvalue weighted by molar-refractivity contribution is 0.694. The quantitative estimate of drug-likeness (QED) is 0.275. The highest BCUT2D eigenvalue weighted by Gasteiger charge is 2.12. The van der Waals surface area contributed by atoms with Crippen molar-refractivity contribution in [2.45, 2.75) is 33.6 Å². The maximum atomic E-state index is 9.03. The van der Waals surface area contributed by atoms with Crippen LogP contribution in [-0.2, 0) is 0 Å². The van der Waals surface area contributed by atoms with Crippen LogP contribution in [0.15, 0.2) is 53.9 Å². The summed E-state index contributed by atoms with van der Waals surface area (Å²) in [6, 6.07) is 17.9. The average molecular weight is 463 g/mol. The van der Waals surface area contributed by atoms with Gasteiger partial charge >= 0.3 is 5.82 Å². The number of hydrogen-bond acceptors (Lipinski definition) is 4. The molecular weight excluding hydrogens is 432 g/mol. The number of benzene rings is 2. The van der Waals surface area contributed by atoms with Crippen molar-refractivity contribution in [3.8, 4) is 12.1 Å². The maximum Gasteiger partial charge on any atom is 0.519 e. The van der Waals surface area contributed by atoms with E-state index < -0.39 is 0 Å². The summed E-state index contributed by atoms with van der Waals surface area (Å²) in [7, 11) is 0. The van der Waals surface area contributed by atoms with Crippen molar-refractivity contribution in [3.05, 3.63) is 93.4 Å². The van der Waals surface area contributed by atoms with Gasteiger partial charge in [0.2, 0.25) is 0 Å². The molecule has 0 aliphatic carbocycles. The number of anilines is 2. The molecule has 0 aliphatic rings. The number of hydrogen-bond donors (Lipinski definition) is 0. The summed E-state index contributed by atoms with van der Waals surface area (Å²) in [5.74, 6) is 0.0625. The zero-order valence-electron chi connectivity index (χ0n) is 20.6. The van der Waals surface area contributed by atoms with E-state index in [0.717, 1.165) is 67.1 Å². The molecule has 0 saturated heterocycles. The standard InChI is InChI=1S/C29H30N6/c1-6-8-15-35(27-12-9-24(10-13-27)20-29(32-4)33-5)17-16-34(7-2)28-14-11-26(23(3)18-28)19-25(21-30)22-31/h9-14,18-20H,6-8,15-17H2,1-3H3. The van der Waals surface area contributed by atoms with Crippen LogP contribution in [0.5, 0.6) is 0 Å². The van der Waals surface area contributed by atoms with Gasteiger partial charge in [-0.05, 0) is 67.3 Å². The highest BCUT2D eigenvalue weighted by molar-refractivity contribution is 5.67. The first-order chi connectivity index (χ1) is 17.0. The lowest BCUT2D eigenvalue weighted by Crippen LogP contribution is -2.36. The third-order valence-electron chi connectivity index (χ3n) is 5.75. The fraction of sp³-hybridized carbons (Fsp3) is 0.310. The van der Waals surface area contributed by atoms with E-state index in [1.54, 1.807) is 12.2 Å². The fourth-order valence-corrected chi connectivity index (χ4v) is 3.71. The van der Waals surface area contributed by atoms with Gasteiger partial charge in [0.05, 0.1) is 0 Å². The smallest absolute Gasteiger partial charge is 0.370 e. The zero-order chi connectivity index (χ0) is 25.6. The average Bonchev–Trinajstić information content (AvgIpc) is 2.89. The normalized spacial score (nSPS) is 9.57. The molecule has 0 unspecified atom stereocenters. The third-order valence-corrected chi connectivity index (χ3v) is 5.75. The molecule has 0 amide bonds. The van der Waals surface area contributed by atoms with Crippen molar-refractivity contribution in [1.82, 2.24) is 0 Å². The minimum atomic E-state index is 0.0625. The predicted octanol–water partition coefficient (Wildman–Crippen LogP) is 6.70. The van der Waals surface area contributed by atoms with Gasteiger partial charge in [-0.15, -0.1) is 0 Å². The van der Waals surface area contributed by atoms with Crippen molar-refractivity contribution in [2.75, 3.05) is 36.0 Å². The molecule has 0 atom stereocenters. The van der Waals surface area contributed by atoms with Crippen LogP contribution in [0.4, 0.5) is 11.4 Å². The van der Waals surface area contributed by atoms with Gasteiger partial charge in [-0.3, -0.25) is 0 Å². The summed E-state index contributed by atoms with van der Waals surface area (Å²) in [6.45, 7) is 23.9. The first-order valence-corrected chi connectivity index (χ1v) is 11.7. The molecule has 0 N–H and O–H groups in total. The molecule has 0 fully saturated rings. The van der Waals surface area contributed by atoms with E-state index in [9.17, 15) is 0 Å². The van der Waals surface area contributed by atoms with Gasteiger partial charge < -0.3 is 9.80 Å². The molecule has 0 heterocycles. The van der Waals surface area contributed by atoms with E-state index >= 15 is 0 Å². The molecule has 2 aromatic rings. The molecule has 0 radical (unpaired) electrons. The molecule has 2 aromatic carbocycles. The van der Waals surface area contributed by atoms with Crippen LogP contribution in [0.2, 0.25) is 0 Å². The third kappa shape index (κ3) is 7.78.